The smallest absolute Gasteiger partial charge is 0.194 e. The molecule has 0 spiro atoms. The lowest BCUT2D eigenvalue weighted by atomic mass is 10.2. The zero-order valence-electron chi connectivity index (χ0n) is 15.5. The summed E-state index contributed by atoms with van der Waals surface area (Å²) in [6.07, 6.45) is 3.29. The number of ether oxygens (including phenoxy) is 1. The van der Waals surface area contributed by atoms with Crippen molar-refractivity contribution in [3.63, 3.8) is 0 Å². The third-order valence-corrected chi connectivity index (χ3v) is 4.82. The Bertz CT molecular complexity index is 504. The second-order valence-electron chi connectivity index (χ2n) is 5.75. The Morgan fingerprint density at radius 3 is 2.44 bits per heavy atom. The molecule has 0 radical (unpaired) electrons. The van der Waals surface area contributed by atoms with Crippen LogP contribution in [0.4, 0.5) is 5.69 Å². The molecule has 25 heavy (non-hydrogen) atoms. The summed E-state index contributed by atoms with van der Waals surface area (Å²) in [4.78, 5) is 9.58. The van der Waals surface area contributed by atoms with Gasteiger partial charge in [0.05, 0.1) is 7.11 Å². The van der Waals surface area contributed by atoms with E-state index in [9.17, 15) is 0 Å². The maximum absolute atomic E-state index is 5.23. The summed E-state index contributed by atoms with van der Waals surface area (Å²) in [5, 5.41) is 3.43. The van der Waals surface area contributed by atoms with E-state index in [1.807, 2.05) is 23.9 Å². The van der Waals surface area contributed by atoms with E-state index in [0.717, 1.165) is 57.4 Å². The Balaban J connectivity index is 0.00000312. The van der Waals surface area contributed by atoms with E-state index in [1.54, 1.807) is 7.11 Å². The molecule has 0 aromatic heterocycles. The van der Waals surface area contributed by atoms with Crippen LogP contribution in [0.2, 0.25) is 0 Å². The van der Waals surface area contributed by atoms with Gasteiger partial charge in [-0.25, -0.2) is 0 Å². The largest absolute Gasteiger partial charge is 0.497 e. The Morgan fingerprint density at radius 1 is 1.20 bits per heavy atom. The van der Waals surface area contributed by atoms with Crippen molar-refractivity contribution in [2.24, 2.45) is 4.99 Å². The van der Waals surface area contributed by atoms with Crippen molar-refractivity contribution in [2.75, 3.05) is 63.3 Å². The van der Waals surface area contributed by atoms with Crippen LogP contribution in [-0.2, 0) is 0 Å². The molecule has 0 saturated carbocycles. The van der Waals surface area contributed by atoms with E-state index in [1.165, 1.54) is 11.4 Å². The SMILES string of the molecule is CCNC(=NCCCSC)N1CCN(c2ccc(OC)cc2)CC1.I. The Hall–Kier alpha value is -0.830. The first-order valence-electron chi connectivity index (χ1n) is 8.69. The summed E-state index contributed by atoms with van der Waals surface area (Å²) < 4.78 is 5.23. The molecule has 0 unspecified atom stereocenters. The van der Waals surface area contributed by atoms with Gasteiger partial charge in [-0.1, -0.05) is 0 Å². The van der Waals surface area contributed by atoms with Crippen LogP contribution in [0.5, 0.6) is 5.75 Å². The van der Waals surface area contributed by atoms with Gasteiger partial charge in [0, 0.05) is 45.0 Å². The van der Waals surface area contributed by atoms with E-state index in [0.29, 0.717) is 0 Å². The predicted octanol–water partition coefficient (Wildman–Crippen LogP) is 3.15. The predicted molar refractivity (Wildman–Crippen MR) is 121 cm³/mol. The number of benzene rings is 1. The van der Waals surface area contributed by atoms with Gasteiger partial charge in [0.25, 0.3) is 0 Å². The molecule has 0 bridgehead atoms. The van der Waals surface area contributed by atoms with Gasteiger partial charge in [-0.2, -0.15) is 11.8 Å². The maximum atomic E-state index is 5.23. The van der Waals surface area contributed by atoms with E-state index in [-0.39, 0.29) is 24.0 Å². The maximum Gasteiger partial charge on any atom is 0.194 e. The Labute approximate surface area is 173 Å². The van der Waals surface area contributed by atoms with Crippen LogP contribution in [0.15, 0.2) is 29.3 Å². The number of hydrogen-bond acceptors (Lipinski definition) is 4. The highest BCUT2D eigenvalue weighted by atomic mass is 127. The fourth-order valence-electron chi connectivity index (χ4n) is 2.79. The second kappa shape index (κ2) is 12.5. The van der Waals surface area contributed by atoms with Crippen molar-refractivity contribution in [3.8, 4) is 5.75 Å². The molecule has 0 amide bonds. The van der Waals surface area contributed by atoms with E-state index < -0.39 is 0 Å². The van der Waals surface area contributed by atoms with E-state index in [4.69, 9.17) is 9.73 Å². The molecule has 1 aromatic rings. The highest BCUT2D eigenvalue weighted by Gasteiger charge is 2.19. The first kappa shape index (κ1) is 22.2. The van der Waals surface area contributed by atoms with Crippen molar-refractivity contribution in [1.29, 1.82) is 0 Å². The quantitative estimate of drug-likeness (QED) is 0.282. The number of guanidine groups is 1. The molecule has 7 heteroatoms. The van der Waals surface area contributed by atoms with Gasteiger partial charge in [-0.05, 0) is 49.6 Å². The van der Waals surface area contributed by atoms with Crippen molar-refractivity contribution in [2.45, 2.75) is 13.3 Å². The molecule has 1 fully saturated rings. The van der Waals surface area contributed by atoms with Crippen molar-refractivity contribution < 1.29 is 4.74 Å². The highest BCUT2D eigenvalue weighted by Crippen LogP contribution is 2.20. The van der Waals surface area contributed by atoms with Crippen LogP contribution in [0, 0.1) is 0 Å². The number of halogens is 1. The minimum absolute atomic E-state index is 0. The first-order chi connectivity index (χ1) is 11.8. The van der Waals surface area contributed by atoms with Gasteiger partial charge in [0.2, 0.25) is 0 Å². The molecular formula is C18H31IN4OS. The minimum Gasteiger partial charge on any atom is -0.497 e. The first-order valence-corrected chi connectivity index (χ1v) is 10.1. The molecule has 1 aromatic carbocycles. The van der Waals surface area contributed by atoms with Gasteiger partial charge in [0.15, 0.2) is 5.96 Å². The molecule has 5 nitrogen and oxygen atoms in total. The van der Waals surface area contributed by atoms with Crippen LogP contribution in [0.3, 0.4) is 0 Å². The lowest BCUT2D eigenvalue weighted by Gasteiger charge is -2.37. The van der Waals surface area contributed by atoms with Gasteiger partial charge >= 0.3 is 0 Å². The van der Waals surface area contributed by atoms with Crippen LogP contribution in [0.1, 0.15) is 13.3 Å². The summed E-state index contributed by atoms with van der Waals surface area (Å²) in [7, 11) is 1.70. The monoisotopic (exact) mass is 478 g/mol. The molecule has 0 aliphatic carbocycles. The number of rotatable bonds is 7. The number of methoxy groups -OCH3 is 1. The summed E-state index contributed by atoms with van der Waals surface area (Å²) in [5.41, 5.74) is 1.26. The fourth-order valence-corrected chi connectivity index (χ4v) is 3.21. The topological polar surface area (TPSA) is 40.1 Å². The average molecular weight is 478 g/mol. The average Bonchev–Trinajstić information content (AvgIpc) is 2.64. The van der Waals surface area contributed by atoms with Gasteiger partial charge in [-0.3, -0.25) is 4.99 Å². The number of anilines is 1. The minimum atomic E-state index is 0. The fraction of sp³-hybridized carbons (Fsp3) is 0.611. The van der Waals surface area contributed by atoms with Crippen molar-refractivity contribution >= 4 is 47.4 Å². The van der Waals surface area contributed by atoms with Crippen LogP contribution < -0.4 is 15.0 Å². The number of nitrogens with zero attached hydrogens (tertiary/aromatic N) is 3. The summed E-state index contributed by atoms with van der Waals surface area (Å²) in [6, 6.07) is 8.32. The highest BCUT2D eigenvalue weighted by molar-refractivity contribution is 14.0. The Morgan fingerprint density at radius 2 is 1.88 bits per heavy atom. The third-order valence-electron chi connectivity index (χ3n) is 4.12. The zero-order valence-corrected chi connectivity index (χ0v) is 18.7. The lowest BCUT2D eigenvalue weighted by molar-refractivity contribution is 0.372. The molecule has 1 aliphatic rings. The van der Waals surface area contributed by atoms with Crippen molar-refractivity contribution in [1.82, 2.24) is 10.2 Å². The molecule has 0 atom stereocenters. The summed E-state index contributed by atoms with van der Waals surface area (Å²) in [5.74, 6) is 3.14. The van der Waals surface area contributed by atoms with Crippen molar-refractivity contribution in [3.05, 3.63) is 24.3 Å². The third kappa shape index (κ3) is 7.13. The standard InChI is InChI=1S/C18H30N4OS.HI/c1-4-19-18(20-10-5-15-24-3)22-13-11-21(12-14-22)16-6-8-17(23-2)9-7-16;/h6-9H,4-5,10-15H2,1-3H3,(H,19,20);1H. The molecule has 1 aliphatic heterocycles. The molecule has 142 valence electrons. The number of hydrogen-bond donors (Lipinski definition) is 1. The lowest BCUT2D eigenvalue weighted by Crippen LogP contribution is -2.52. The molecule has 1 N–H and O–H groups in total. The normalized spacial score (nSPS) is 14.9. The van der Waals surface area contributed by atoms with Crippen LogP contribution in [-0.4, -0.2) is 69.2 Å². The van der Waals surface area contributed by atoms with E-state index in [2.05, 4.69) is 40.4 Å². The summed E-state index contributed by atoms with van der Waals surface area (Å²) in [6.45, 7) is 7.98. The summed E-state index contributed by atoms with van der Waals surface area (Å²) >= 11 is 1.88. The van der Waals surface area contributed by atoms with Gasteiger partial charge in [0.1, 0.15) is 5.75 Å². The molecule has 2 rings (SSSR count). The molecule has 1 saturated heterocycles. The molecule has 1 heterocycles. The number of thioether (sulfide) groups is 1. The van der Waals surface area contributed by atoms with Crippen LogP contribution >= 0.6 is 35.7 Å². The second-order valence-corrected chi connectivity index (χ2v) is 6.74. The molecular weight excluding hydrogens is 447 g/mol. The number of piperazine rings is 1. The van der Waals surface area contributed by atoms with Gasteiger partial charge < -0.3 is 19.9 Å². The van der Waals surface area contributed by atoms with Gasteiger partial charge in [-0.15, -0.1) is 24.0 Å². The number of nitrogens with one attached hydrogen (secondary N) is 1. The Kier molecular flexibility index (Phi) is 11.1. The zero-order chi connectivity index (χ0) is 17.2. The number of aliphatic imine (C=N–C) groups is 1. The van der Waals surface area contributed by atoms with E-state index >= 15 is 0 Å². The van der Waals surface area contributed by atoms with Crippen LogP contribution in [0.25, 0.3) is 0 Å².